The number of nitrogens with zero attached hydrogens (tertiary/aromatic N) is 6. The fourth-order valence-corrected chi connectivity index (χ4v) is 3.03. The Morgan fingerprint density at radius 1 is 1.07 bits per heavy atom. The summed E-state index contributed by atoms with van der Waals surface area (Å²) in [6.45, 7) is 1.76. The third-order valence-electron chi connectivity index (χ3n) is 3.96. The number of pyridine rings is 1. The second-order valence-electron chi connectivity index (χ2n) is 6.01. The predicted molar refractivity (Wildman–Crippen MR) is 104 cm³/mol. The molecule has 0 bridgehead atoms. The first-order valence-electron chi connectivity index (χ1n) is 8.17. The van der Waals surface area contributed by atoms with Gasteiger partial charge in [-0.25, -0.2) is 9.97 Å². The number of nitrogens with one attached hydrogen (secondary N) is 1. The van der Waals surface area contributed by atoms with Gasteiger partial charge in [0, 0.05) is 16.4 Å². The van der Waals surface area contributed by atoms with Gasteiger partial charge in [0.1, 0.15) is 5.82 Å². The number of aromatic nitrogens is 6. The van der Waals surface area contributed by atoms with Crippen LogP contribution in [-0.4, -0.2) is 29.5 Å². The fourth-order valence-electron chi connectivity index (χ4n) is 2.71. The Morgan fingerprint density at radius 2 is 1.79 bits per heavy atom. The molecule has 4 aromatic rings. The van der Waals surface area contributed by atoms with Gasteiger partial charge >= 0.3 is 6.18 Å². The molecule has 0 aliphatic heterocycles. The van der Waals surface area contributed by atoms with Crippen molar-refractivity contribution in [2.24, 2.45) is 0 Å². The molecular weight excluding hydrogens is 453 g/mol. The Morgan fingerprint density at radius 3 is 2.48 bits per heavy atom. The van der Waals surface area contributed by atoms with Gasteiger partial charge in [0.05, 0.1) is 11.1 Å². The van der Waals surface area contributed by atoms with Crippen molar-refractivity contribution in [1.29, 1.82) is 0 Å². The molecule has 1 aromatic carbocycles. The molecule has 12 heteroatoms. The first kappa shape index (κ1) is 19.1. The van der Waals surface area contributed by atoms with Gasteiger partial charge in [0.15, 0.2) is 5.65 Å². The van der Waals surface area contributed by atoms with Crippen LogP contribution in [0.15, 0.2) is 41.0 Å². The summed E-state index contributed by atoms with van der Waals surface area (Å²) < 4.78 is 40.6. The summed E-state index contributed by atoms with van der Waals surface area (Å²) in [4.78, 5) is 21.1. The second-order valence-corrected chi connectivity index (χ2v) is 6.92. The van der Waals surface area contributed by atoms with Crippen molar-refractivity contribution in [3.63, 3.8) is 0 Å². The van der Waals surface area contributed by atoms with Gasteiger partial charge in [0.25, 0.3) is 0 Å². The van der Waals surface area contributed by atoms with E-state index in [1.165, 1.54) is 12.1 Å². The number of benzene rings is 1. The SMILES string of the molecule is Cc1nc2ncc(Br)cc2n1-c1nc(N)nc(Nc2ccc(C(F)(F)F)cc2)n1. The lowest BCUT2D eigenvalue weighted by molar-refractivity contribution is -0.137. The van der Waals surface area contributed by atoms with Crippen molar-refractivity contribution in [3.05, 3.63) is 52.4 Å². The number of hydrogen-bond acceptors (Lipinski definition) is 7. The molecule has 3 heterocycles. The van der Waals surface area contributed by atoms with E-state index in [2.05, 4.69) is 46.2 Å². The summed E-state index contributed by atoms with van der Waals surface area (Å²) in [6.07, 6.45) is -2.79. The Hall–Kier alpha value is -3.28. The lowest BCUT2D eigenvalue weighted by atomic mass is 10.2. The molecule has 3 aromatic heterocycles. The Balaban J connectivity index is 1.72. The minimum atomic E-state index is -4.41. The van der Waals surface area contributed by atoms with Crippen LogP contribution in [0.5, 0.6) is 0 Å². The normalized spacial score (nSPS) is 11.8. The molecule has 0 aliphatic rings. The highest BCUT2D eigenvalue weighted by Crippen LogP contribution is 2.30. The summed E-state index contributed by atoms with van der Waals surface area (Å²) >= 11 is 3.37. The third-order valence-corrected chi connectivity index (χ3v) is 4.39. The molecule has 0 radical (unpaired) electrons. The molecule has 0 aliphatic carbocycles. The zero-order valence-electron chi connectivity index (χ0n) is 14.7. The van der Waals surface area contributed by atoms with Gasteiger partial charge in [-0.05, 0) is 53.2 Å². The standard InChI is InChI=1S/C17H12BrF3N8/c1-8-24-13-12(6-10(18)7-23-13)29(8)16-27-14(22)26-15(28-16)25-11-4-2-9(3-5-11)17(19,20)21/h2-7H,1H3,(H3,22,25,26,27,28). The average molecular weight is 465 g/mol. The van der Waals surface area contributed by atoms with Gasteiger partial charge in [-0.1, -0.05) is 0 Å². The van der Waals surface area contributed by atoms with Gasteiger partial charge in [0.2, 0.25) is 17.8 Å². The molecule has 0 saturated carbocycles. The number of imidazole rings is 1. The lowest BCUT2D eigenvalue weighted by Crippen LogP contribution is -2.10. The zero-order valence-corrected chi connectivity index (χ0v) is 16.3. The molecule has 29 heavy (non-hydrogen) atoms. The number of nitrogen functional groups attached to an aromatic ring is 1. The number of rotatable bonds is 3. The molecule has 0 amide bonds. The maximum absolute atomic E-state index is 12.7. The van der Waals surface area contributed by atoms with Crippen LogP contribution >= 0.6 is 15.9 Å². The molecule has 0 saturated heterocycles. The average Bonchev–Trinajstić information content (AvgIpc) is 2.96. The lowest BCUT2D eigenvalue weighted by Gasteiger charge is -2.10. The second kappa shape index (κ2) is 6.95. The van der Waals surface area contributed by atoms with Crippen molar-refractivity contribution >= 4 is 44.7 Å². The van der Waals surface area contributed by atoms with Crippen LogP contribution in [-0.2, 0) is 6.18 Å². The molecule has 4 rings (SSSR count). The Bertz CT molecular complexity index is 1200. The number of anilines is 3. The first-order chi connectivity index (χ1) is 13.7. The third kappa shape index (κ3) is 3.83. The Kier molecular flexibility index (Phi) is 4.57. The van der Waals surface area contributed by atoms with Crippen LogP contribution in [0.3, 0.4) is 0 Å². The van der Waals surface area contributed by atoms with Crippen LogP contribution in [0.2, 0.25) is 0 Å². The van der Waals surface area contributed by atoms with Crippen molar-refractivity contribution in [3.8, 4) is 5.95 Å². The number of fused-ring (bicyclic) bond motifs is 1. The summed E-state index contributed by atoms with van der Waals surface area (Å²) in [7, 11) is 0. The topological polar surface area (TPSA) is 107 Å². The van der Waals surface area contributed by atoms with Crippen molar-refractivity contribution in [2.75, 3.05) is 11.1 Å². The van der Waals surface area contributed by atoms with E-state index in [1.807, 2.05) is 6.07 Å². The molecule has 0 atom stereocenters. The molecule has 0 spiro atoms. The van der Waals surface area contributed by atoms with Crippen LogP contribution in [0.1, 0.15) is 11.4 Å². The van der Waals surface area contributed by atoms with E-state index in [0.717, 1.165) is 16.6 Å². The monoisotopic (exact) mass is 464 g/mol. The van der Waals surface area contributed by atoms with Crippen LogP contribution in [0.25, 0.3) is 17.1 Å². The van der Waals surface area contributed by atoms with Gasteiger partial charge < -0.3 is 11.1 Å². The zero-order chi connectivity index (χ0) is 20.8. The number of halogens is 4. The van der Waals surface area contributed by atoms with Gasteiger partial charge in [-0.15, -0.1) is 0 Å². The van der Waals surface area contributed by atoms with Crippen molar-refractivity contribution < 1.29 is 13.2 Å². The van der Waals surface area contributed by atoms with Crippen LogP contribution in [0, 0.1) is 6.92 Å². The molecule has 0 unspecified atom stereocenters. The van der Waals surface area contributed by atoms with Crippen LogP contribution in [0.4, 0.5) is 30.8 Å². The molecule has 3 N–H and O–H groups in total. The molecular formula is C17H12BrF3N8. The predicted octanol–water partition coefficient (Wildman–Crippen LogP) is 4.02. The van der Waals surface area contributed by atoms with E-state index in [1.54, 1.807) is 17.7 Å². The smallest absolute Gasteiger partial charge is 0.368 e. The van der Waals surface area contributed by atoms with Gasteiger partial charge in [-0.3, -0.25) is 4.57 Å². The van der Waals surface area contributed by atoms with Crippen LogP contribution < -0.4 is 11.1 Å². The minimum Gasteiger partial charge on any atom is -0.368 e. The number of hydrogen-bond donors (Lipinski definition) is 2. The number of aryl methyl sites for hydroxylation is 1. The minimum absolute atomic E-state index is 0.0615. The van der Waals surface area contributed by atoms with E-state index >= 15 is 0 Å². The summed E-state index contributed by atoms with van der Waals surface area (Å²) in [5.41, 5.74) is 6.59. The highest BCUT2D eigenvalue weighted by atomic mass is 79.9. The maximum Gasteiger partial charge on any atom is 0.416 e. The molecule has 148 valence electrons. The Labute approximate surface area is 170 Å². The number of alkyl halides is 3. The largest absolute Gasteiger partial charge is 0.416 e. The quantitative estimate of drug-likeness (QED) is 0.471. The van der Waals surface area contributed by atoms with E-state index in [4.69, 9.17) is 5.73 Å². The van der Waals surface area contributed by atoms with Gasteiger partial charge in [-0.2, -0.15) is 28.1 Å². The first-order valence-corrected chi connectivity index (χ1v) is 8.97. The van der Waals surface area contributed by atoms with E-state index in [9.17, 15) is 13.2 Å². The molecule has 8 nitrogen and oxygen atoms in total. The highest BCUT2D eigenvalue weighted by molar-refractivity contribution is 9.10. The fraction of sp³-hybridized carbons (Fsp3) is 0.118. The number of nitrogens with two attached hydrogens (primary N) is 1. The van der Waals surface area contributed by atoms with E-state index in [0.29, 0.717) is 22.7 Å². The molecule has 0 fully saturated rings. The summed E-state index contributed by atoms with van der Waals surface area (Å²) in [5, 5.41) is 2.84. The van der Waals surface area contributed by atoms with E-state index in [-0.39, 0.29) is 17.8 Å². The summed E-state index contributed by atoms with van der Waals surface area (Å²) in [5.74, 6) is 0.800. The van der Waals surface area contributed by atoms with Crippen molar-refractivity contribution in [1.82, 2.24) is 29.5 Å². The van der Waals surface area contributed by atoms with Crippen molar-refractivity contribution in [2.45, 2.75) is 13.1 Å². The summed E-state index contributed by atoms with van der Waals surface area (Å²) in [6, 6.07) is 6.29. The maximum atomic E-state index is 12.7. The van der Waals surface area contributed by atoms with E-state index < -0.39 is 11.7 Å². The highest BCUT2D eigenvalue weighted by Gasteiger charge is 2.30.